The summed E-state index contributed by atoms with van der Waals surface area (Å²) in [5, 5.41) is 9.12. The standard InChI is InChI=1S/C16H28N4S/c1-3-10-20-11-7-14(8-12-20)19-16(17-2)18-9-6-15-5-4-13-21-15/h4-5,13-14H,3,6-12H2,1-2H3,(H2,17,18,19). The Hall–Kier alpha value is -1.07. The van der Waals surface area contributed by atoms with Crippen LogP contribution in [0.25, 0.3) is 0 Å². The normalized spacial score (nSPS) is 17.9. The maximum absolute atomic E-state index is 4.34. The molecule has 0 bridgehead atoms. The number of nitrogens with one attached hydrogen (secondary N) is 2. The fraction of sp³-hybridized carbons (Fsp3) is 0.688. The highest BCUT2D eigenvalue weighted by Gasteiger charge is 2.19. The molecule has 0 saturated carbocycles. The van der Waals surface area contributed by atoms with Crippen LogP contribution in [0.2, 0.25) is 0 Å². The SMILES string of the molecule is CCCN1CCC(NC(=NC)NCCc2cccs2)CC1. The summed E-state index contributed by atoms with van der Waals surface area (Å²) in [4.78, 5) is 8.32. The van der Waals surface area contributed by atoms with Crippen LogP contribution in [0.15, 0.2) is 22.5 Å². The van der Waals surface area contributed by atoms with Gasteiger partial charge in [-0.15, -0.1) is 11.3 Å². The van der Waals surface area contributed by atoms with E-state index in [2.05, 4.69) is 45.0 Å². The van der Waals surface area contributed by atoms with Crippen LogP contribution in [-0.2, 0) is 6.42 Å². The van der Waals surface area contributed by atoms with E-state index in [0.29, 0.717) is 6.04 Å². The zero-order chi connectivity index (χ0) is 14.9. The van der Waals surface area contributed by atoms with Crippen LogP contribution in [0.1, 0.15) is 31.1 Å². The number of hydrogen-bond donors (Lipinski definition) is 2. The van der Waals surface area contributed by atoms with Crippen molar-refractivity contribution in [1.29, 1.82) is 0 Å². The summed E-state index contributed by atoms with van der Waals surface area (Å²) in [6, 6.07) is 4.86. The summed E-state index contributed by atoms with van der Waals surface area (Å²) in [5.41, 5.74) is 0. The van der Waals surface area contributed by atoms with E-state index in [-0.39, 0.29) is 0 Å². The monoisotopic (exact) mass is 308 g/mol. The van der Waals surface area contributed by atoms with Crippen molar-refractivity contribution in [3.63, 3.8) is 0 Å². The predicted molar refractivity (Wildman–Crippen MR) is 92.3 cm³/mol. The van der Waals surface area contributed by atoms with Gasteiger partial charge in [0.1, 0.15) is 0 Å². The molecule has 5 heteroatoms. The molecule has 0 spiro atoms. The van der Waals surface area contributed by atoms with Crippen molar-refractivity contribution < 1.29 is 0 Å². The Bertz CT molecular complexity index is 408. The minimum Gasteiger partial charge on any atom is -0.356 e. The number of guanidine groups is 1. The zero-order valence-electron chi connectivity index (χ0n) is 13.3. The van der Waals surface area contributed by atoms with E-state index in [4.69, 9.17) is 0 Å². The van der Waals surface area contributed by atoms with Gasteiger partial charge in [-0.25, -0.2) is 0 Å². The fourth-order valence-corrected chi connectivity index (χ4v) is 3.47. The highest BCUT2D eigenvalue weighted by atomic mass is 32.1. The van der Waals surface area contributed by atoms with E-state index in [0.717, 1.165) is 18.9 Å². The van der Waals surface area contributed by atoms with Gasteiger partial charge in [0.2, 0.25) is 0 Å². The van der Waals surface area contributed by atoms with Gasteiger partial charge in [0.05, 0.1) is 0 Å². The molecule has 1 aromatic rings. The van der Waals surface area contributed by atoms with Crippen LogP contribution in [0, 0.1) is 0 Å². The third kappa shape index (κ3) is 5.67. The molecule has 21 heavy (non-hydrogen) atoms. The first-order valence-corrected chi connectivity index (χ1v) is 8.91. The Morgan fingerprint density at radius 1 is 1.43 bits per heavy atom. The van der Waals surface area contributed by atoms with Crippen molar-refractivity contribution >= 4 is 17.3 Å². The van der Waals surface area contributed by atoms with Crippen molar-refractivity contribution in [2.75, 3.05) is 33.2 Å². The molecule has 1 aromatic heterocycles. The van der Waals surface area contributed by atoms with Crippen molar-refractivity contribution in [2.24, 2.45) is 4.99 Å². The fourth-order valence-electron chi connectivity index (χ4n) is 2.76. The lowest BCUT2D eigenvalue weighted by atomic mass is 10.1. The summed E-state index contributed by atoms with van der Waals surface area (Å²) >= 11 is 1.82. The Labute approximate surface area is 132 Å². The van der Waals surface area contributed by atoms with Gasteiger partial charge in [-0.3, -0.25) is 4.99 Å². The van der Waals surface area contributed by atoms with Crippen LogP contribution >= 0.6 is 11.3 Å². The number of aliphatic imine (C=N–C) groups is 1. The first kappa shape index (κ1) is 16.3. The second kappa shape index (κ2) is 9.05. The second-order valence-corrected chi connectivity index (χ2v) is 6.62. The Kier molecular flexibility index (Phi) is 7.03. The molecule has 1 aliphatic rings. The molecule has 0 radical (unpaired) electrons. The van der Waals surface area contributed by atoms with Gasteiger partial charge in [-0.2, -0.15) is 0 Å². The number of piperidine rings is 1. The minimum atomic E-state index is 0.561. The third-order valence-electron chi connectivity index (χ3n) is 3.94. The maximum Gasteiger partial charge on any atom is 0.191 e. The lowest BCUT2D eigenvalue weighted by Crippen LogP contribution is -2.49. The smallest absolute Gasteiger partial charge is 0.191 e. The lowest BCUT2D eigenvalue weighted by Gasteiger charge is -2.32. The van der Waals surface area contributed by atoms with Gasteiger partial charge in [0, 0.05) is 37.6 Å². The first-order chi connectivity index (χ1) is 10.3. The molecule has 1 saturated heterocycles. The molecule has 1 fully saturated rings. The third-order valence-corrected chi connectivity index (χ3v) is 4.87. The highest BCUT2D eigenvalue weighted by Crippen LogP contribution is 2.10. The van der Waals surface area contributed by atoms with Crippen LogP contribution < -0.4 is 10.6 Å². The molecule has 2 rings (SSSR count). The topological polar surface area (TPSA) is 39.7 Å². The van der Waals surface area contributed by atoms with Crippen molar-refractivity contribution in [2.45, 2.75) is 38.6 Å². The predicted octanol–water partition coefficient (Wildman–Crippen LogP) is 2.33. The number of nitrogens with zero attached hydrogens (tertiary/aromatic N) is 2. The summed E-state index contributed by atoms with van der Waals surface area (Å²) in [6.45, 7) is 6.84. The second-order valence-electron chi connectivity index (χ2n) is 5.59. The zero-order valence-corrected chi connectivity index (χ0v) is 14.1. The van der Waals surface area contributed by atoms with Gasteiger partial charge < -0.3 is 15.5 Å². The Morgan fingerprint density at radius 3 is 2.86 bits per heavy atom. The number of rotatable bonds is 6. The van der Waals surface area contributed by atoms with E-state index in [1.807, 2.05) is 18.4 Å². The van der Waals surface area contributed by atoms with Crippen molar-refractivity contribution in [1.82, 2.24) is 15.5 Å². The molecular formula is C16H28N4S. The number of likely N-dealkylation sites (tertiary alicyclic amines) is 1. The molecular weight excluding hydrogens is 280 g/mol. The largest absolute Gasteiger partial charge is 0.356 e. The molecule has 2 heterocycles. The number of thiophene rings is 1. The van der Waals surface area contributed by atoms with Gasteiger partial charge in [0.15, 0.2) is 5.96 Å². The highest BCUT2D eigenvalue weighted by molar-refractivity contribution is 7.09. The van der Waals surface area contributed by atoms with E-state index in [1.165, 1.54) is 43.8 Å². The van der Waals surface area contributed by atoms with Crippen LogP contribution in [0.4, 0.5) is 0 Å². The van der Waals surface area contributed by atoms with E-state index in [1.54, 1.807) is 0 Å². The van der Waals surface area contributed by atoms with Gasteiger partial charge in [-0.1, -0.05) is 13.0 Å². The molecule has 0 aliphatic carbocycles. The van der Waals surface area contributed by atoms with E-state index < -0.39 is 0 Å². The quantitative estimate of drug-likeness (QED) is 0.626. The molecule has 2 N–H and O–H groups in total. The van der Waals surface area contributed by atoms with Gasteiger partial charge in [-0.05, 0) is 43.7 Å². The van der Waals surface area contributed by atoms with Crippen LogP contribution in [0.5, 0.6) is 0 Å². The van der Waals surface area contributed by atoms with E-state index >= 15 is 0 Å². The molecule has 0 amide bonds. The molecule has 0 atom stereocenters. The molecule has 4 nitrogen and oxygen atoms in total. The molecule has 0 aromatic carbocycles. The summed E-state index contributed by atoms with van der Waals surface area (Å²) in [5.74, 6) is 0.945. The first-order valence-electron chi connectivity index (χ1n) is 8.03. The van der Waals surface area contributed by atoms with Gasteiger partial charge in [0.25, 0.3) is 0 Å². The molecule has 0 unspecified atom stereocenters. The van der Waals surface area contributed by atoms with Gasteiger partial charge >= 0.3 is 0 Å². The molecule has 118 valence electrons. The Balaban J connectivity index is 1.66. The Morgan fingerprint density at radius 2 is 2.24 bits per heavy atom. The average Bonchev–Trinajstić information content (AvgIpc) is 3.01. The van der Waals surface area contributed by atoms with E-state index in [9.17, 15) is 0 Å². The van der Waals surface area contributed by atoms with Crippen molar-refractivity contribution in [3.05, 3.63) is 22.4 Å². The summed E-state index contributed by atoms with van der Waals surface area (Å²) < 4.78 is 0. The van der Waals surface area contributed by atoms with Crippen LogP contribution in [-0.4, -0.2) is 50.1 Å². The minimum absolute atomic E-state index is 0.561. The molecule has 1 aliphatic heterocycles. The summed E-state index contributed by atoms with van der Waals surface area (Å²) in [6.07, 6.45) is 4.74. The van der Waals surface area contributed by atoms with Crippen LogP contribution in [0.3, 0.4) is 0 Å². The van der Waals surface area contributed by atoms with Crippen molar-refractivity contribution in [3.8, 4) is 0 Å². The number of hydrogen-bond acceptors (Lipinski definition) is 3. The average molecular weight is 308 g/mol. The lowest BCUT2D eigenvalue weighted by molar-refractivity contribution is 0.206. The maximum atomic E-state index is 4.34. The summed E-state index contributed by atoms with van der Waals surface area (Å²) in [7, 11) is 1.85.